The lowest BCUT2D eigenvalue weighted by Crippen LogP contribution is -2.00. The highest BCUT2D eigenvalue weighted by Crippen LogP contribution is 2.44. The average molecular weight is 739 g/mol. The van der Waals surface area contributed by atoms with Gasteiger partial charge in [0.05, 0.1) is 39.1 Å². The lowest BCUT2D eigenvalue weighted by atomic mass is 9.99. The van der Waals surface area contributed by atoms with Crippen molar-refractivity contribution >= 4 is 65.2 Å². The lowest BCUT2D eigenvalue weighted by molar-refractivity contribution is 1.17. The predicted molar refractivity (Wildman–Crippen MR) is 242 cm³/mol. The van der Waals surface area contributed by atoms with Crippen LogP contribution in [-0.4, -0.2) is 19.1 Å². The Morgan fingerprint density at radius 2 is 0.966 bits per heavy atom. The van der Waals surface area contributed by atoms with E-state index in [0.717, 1.165) is 50.2 Å². The van der Waals surface area contributed by atoms with Gasteiger partial charge in [-0.05, 0) is 64.7 Å². The fourth-order valence-corrected chi connectivity index (χ4v) is 9.20. The summed E-state index contributed by atoms with van der Waals surface area (Å²) in [6.07, 6.45) is 0. The van der Waals surface area contributed by atoms with Crippen LogP contribution in [0.4, 0.5) is 0 Å². The molecule has 0 N–H and O–H groups in total. The molecule has 0 bridgehead atoms. The normalized spacial score (nSPS) is 11.8. The summed E-state index contributed by atoms with van der Waals surface area (Å²) in [6, 6.07) is 73.7. The van der Waals surface area contributed by atoms with E-state index in [9.17, 15) is 0 Å². The highest BCUT2D eigenvalue weighted by atomic mass is 15.0. The van der Waals surface area contributed by atoms with Gasteiger partial charge < -0.3 is 9.13 Å². The third-order valence-electron chi connectivity index (χ3n) is 11.7. The fourth-order valence-electron chi connectivity index (χ4n) is 9.20. The van der Waals surface area contributed by atoms with Crippen LogP contribution < -0.4 is 0 Å². The van der Waals surface area contributed by atoms with Crippen LogP contribution in [0.5, 0.6) is 0 Å². The minimum atomic E-state index is 0.697. The minimum absolute atomic E-state index is 0.697. The highest BCUT2D eigenvalue weighted by molar-refractivity contribution is 6.26. The molecule has 4 nitrogen and oxygen atoms in total. The van der Waals surface area contributed by atoms with Crippen molar-refractivity contribution < 1.29 is 0 Å². The number of hydrogen-bond acceptors (Lipinski definition) is 2. The maximum atomic E-state index is 5.38. The van der Waals surface area contributed by atoms with Gasteiger partial charge in [0.2, 0.25) is 0 Å². The first kappa shape index (κ1) is 32.4. The summed E-state index contributed by atoms with van der Waals surface area (Å²) in [5.41, 5.74) is 11.9. The van der Waals surface area contributed by atoms with E-state index in [1.54, 1.807) is 0 Å². The van der Waals surface area contributed by atoms with Crippen molar-refractivity contribution in [1.29, 1.82) is 0 Å². The summed E-state index contributed by atoms with van der Waals surface area (Å²) in [5.74, 6) is 0.697. The van der Waals surface area contributed by atoms with Crippen LogP contribution in [0.25, 0.3) is 110 Å². The maximum absolute atomic E-state index is 5.38. The Kier molecular flexibility index (Phi) is 7.20. The van der Waals surface area contributed by atoms with Crippen LogP contribution in [0.1, 0.15) is 0 Å². The molecule has 0 amide bonds. The van der Waals surface area contributed by atoms with Crippen molar-refractivity contribution in [2.45, 2.75) is 0 Å². The van der Waals surface area contributed by atoms with Gasteiger partial charge >= 0.3 is 0 Å². The fraction of sp³-hybridized carbons (Fsp3) is 0. The third-order valence-corrected chi connectivity index (χ3v) is 11.7. The van der Waals surface area contributed by atoms with Gasteiger partial charge in [-0.15, -0.1) is 0 Å². The topological polar surface area (TPSA) is 35.6 Å². The molecule has 0 saturated carbocycles. The first-order chi connectivity index (χ1) is 28.8. The second kappa shape index (κ2) is 12.9. The van der Waals surface area contributed by atoms with Crippen LogP contribution in [0.2, 0.25) is 0 Å². The molecule has 12 rings (SSSR count). The molecule has 3 heterocycles. The Balaban J connectivity index is 1.15. The quantitative estimate of drug-likeness (QED) is 0.176. The summed E-state index contributed by atoms with van der Waals surface area (Å²) in [4.78, 5) is 10.7. The molecule has 0 atom stereocenters. The molecule has 0 aliphatic rings. The number of hydrogen-bond donors (Lipinski definition) is 0. The molecule has 0 aliphatic heterocycles. The Morgan fingerprint density at radius 1 is 0.345 bits per heavy atom. The molecule has 0 unspecified atom stereocenters. The Bertz CT molecular complexity index is 3560. The zero-order chi connectivity index (χ0) is 38.2. The standard InChI is InChI=1S/C54H34N4/c1-3-17-36(18-4-1)46-34-47(40-27-15-19-35-16-7-8-22-38(35)40)56-54(55-46)44-31-32-50(41-24-10-9-23-39(41)44)58-48-28-13-11-25-42(48)43-30-33-51-52(53(43)58)45-26-12-14-29-49(45)57(51)37-20-5-2-6-21-37/h1-34H. The Morgan fingerprint density at radius 3 is 1.78 bits per heavy atom. The van der Waals surface area contributed by atoms with E-state index >= 15 is 0 Å². The van der Waals surface area contributed by atoms with Crippen molar-refractivity contribution in [3.63, 3.8) is 0 Å². The number of rotatable bonds is 5. The van der Waals surface area contributed by atoms with E-state index in [-0.39, 0.29) is 0 Å². The van der Waals surface area contributed by atoms with Crippen LogP contribution in [0.3, 0.4) is 0 Å². The first-order valence-electron chi connectivity index (χ1n) is 19.8. The smallest absolute Gasteiger partial charge is 0.161 e. The first-order valence-corrected chi connectivity index (χ1v) is 19.8. The Labute approximate surface area is 334 Å². The van der Waals surface area contributed by atoms with Gasteiger partial charge in [0, 0.05) is 49.3 Å². The number of benzene rings is 9. The number of para-hydroxylation sites is 3. The lowest BCUT2D eigenvalue weighted by Gasteiger charge is -2.16. The van der Waals surface area contributed by atoms with Crippen LogP contribution in [-0.2, 0) is 0 Å². The average Bonchev–Trinajstić information content (AvgIpc) is 3.82. The highest BCUT2D eigenvalue weighted by Gasteiger charge is 2.23. The summed E-state index contributed by atoms with van der Waals surface area (Å²) in [7, 11) is 0. The molecular weight excluding hydrogens is 705 g/mol. The molecule has 270 valence electrons. The van der Waals surface area contributed by atoms with Crippen molar-refractivity contribution in [2.24, 2.45) is 0 Å². The van der Waals surface area contributed by atoms with Gasteiger partial charge in [0.1, 0.15) is 0 Å². The summed E-state index contributed by atoms with van der Waals surface area (Å²) < 4.78 is 4.89. The minimum Gasteiger partial charge on any atom is -0.309 e. The molecule has 12 aromatic rings. The number of fused-ring (bicyclic) bond motifs is 9. The number of aromatic nitrogens is 4. The predicted octanol–water partition coefficient (Wildman–Crippen LogP) is 14.0. The van der Waals surface area contributed by atoms with Crippen molar-refractivity contribution in [3.05, 3.63) is 206 Å². The molecule has 3 aromatic heterocycles. The molecular formula is C54H34N4. The van der Waals surface area contributed by atoms with E-state index in [1.165, 1.54) is 54.4 Å². The molecule has 9 aromatic carbocycles. The molecule has 0 radical (unpaired) electrons. The molecule has 4 heteroatoms. The van der Waals surface area contributed by atoms with E-state index in [0.29, 0.717) is 5.82 Å². The van der Waals surface area contributed by atoms with E-state index in [2.05, 4.69) is 209 Å². The van der Waals surface area contributed by atoms with Crippen molar-refractivity contribution in [2.75, 3.05) is 0 Å². The van der Waals surface area contributed by atoms with Gasteiger partial charge in [0.15, 0.2) is 5.82 Å². The monoisotopic (exact) mass is 738 g/mol. The molecule has 0 spiro atoms. The van der Waals surface area contributed by atoms with Gasteiger partial charge in [-0.1, -0.05) is 158 Å². The zero-order valence-corrected chi connectivity index (χ0v) is 31.4. The number of nitrogens with zero attached hydrogens (tertiary/aromatic N) is 4. The van der Waals surface area contributed by atoms with Crippen LogP contribution in [0.15, 0.2) is 206 Å². The summed E-state index contributed by atoms with van der Waals surface area (Å²) in [6.45, 7) is 0. The van der Waals surface area contributed by atoms with Gasteiger partial charge in [0.25, 0.3) is 0 Å². The van der Waals surface area contributed by atoms with Crippen LogP contribution in [0, 0.1) is 0 Å². The SMILES string of the molecule is c1ccc(-c2cc(-c3cccc4ccccc34)nc(-c3ccc(-n4c5ccccc5c5ccc6c(c7ccccc7n6-c6ccccc6)c54)c4ccccc34)n2)cc1. The van der Waals surface area contributed by atoms with Crippen LogP contribution >= 0.6 is 0 Å². The zero-order valence-electron chi connectivity index (χ0n) is 31.4. The van der Waals surface area contributed by atoms with Gasteiger partial charge in [-0.3, -0.25) is 0 Å². The van der Waals surface area contributed by atoms with Crippen molar-refractivity contribution in [3.8, 4) is 45.3 Å². The molecule has 58 heavy (non-hydrogen) atoms. The maximum Gasteiger partial charge on any atom is 0.161 e. The van der Waals surface area contributed by atoms with Gasteiger partial charge in [-0.2, -0.15) is 0 Å². The van der Waals surface area contributed by atoms with Gasteiger partial charge in [-0.25, -0.2) is 9.97 Å². The van der Waals surface area contributed by atoms with Crippen molar-refractivity contribution in [1.82, 2.24) is 19.1 Å². The van der Waals surface area contributed by atoms with E-state index in [1.807, 2.05) is 6.07 Å². The van der Waals surface area contributed by atoms with E-state index < -0.39 is 0 Å². The van der Waals surface area contributed by atoms with E-state index in [4.69, 9.17) is 9.97 Å². The summed E-state index contributed by atoms with van der Waals surface area (Å²) in [5, 5.41) is 9.49. The largest absolute Gasteiger partial charge is 0.309 e. The molecule has 0 fully saturated rings. The second-order valence-corrected chi connectivity index (χ2v) is 14.9. The second-order valence-electron chi connectivity index (χ2n) is 14.9. The Hall–Kier alpha value is -7.82. The molecule has 0 saturated heterocycles. The molecule has 0 aliphatic carbocycles. The third kappa shape index (κ3) is 4.88. The summed E-state index contributed by atoms with van der Waals surface area (Å²) >= 11 is 0.